The predicted molar refractivity (Wildman–Crippen MR) is 213 cm³/mol. The van der Waals surface area contributed by atoms with Crippen LogP contribution >= 0.6 is 0 Å². The van der Waals surface area contributed by atoms with Gasteiger partial charge in [0.05, 0.1) is 6.04 Å². The first kappa shape index (κ1) is 43.1. The van der Waals surface area contributed by atoms with E-state index in [9.17, 15) is 33.6 Å². The van der Waals surface area contributed by atoms with Crippen molar-refractivity contribution in [3.8, 4) is 0 Å². The molecule has 310 valence electrons. The lowest BCUT2D eigenvalue weighted by atomic mass is 9.75. The van der Waals surface area contributed by atoms with Crippen molar-refractivity contribution in [2.24, 2.45) is 39.9 Å². The van der Waals surface area contributed by atoms with Gasteiger partial charge in [0, 0.05) is 44.9 Å². The number of fused-ring (bicyclic) bond motifs is 1. The Balaban J connectivity index is 1.35. The minimum Gasteiger partial charge on any atom is -0.346 e. The van der Waals surface area contributed by atoms with Crippen LogP contribution in [0.3, 0.4) is 0 Å². The van der Waals surface area contributed by atoms with Gasteiger partial charge in [0.15, 0.2) is 0 Å². The number of urea groups is 1. The molecule has 2 heterocycles. The Labute approximate surface area is 333 Å². The van der Waals surface area contributed by atoms with E-state index < -0.39 is 47.2 Å². The van der Waals surface area contributed by atoms with Gasteiger partial charge in [-0.1, -0.05) is 92.7 Å². The SMILES string of the molecule is C=CCNC(=O)C(=O)C(CC1CC1)NC(=O)[C@@H]1[C@@H]2C(=CCC2(C)C)CN1C(=O)[C@@H](NC(=O)NC[C@H](CN1C(=O)CC(C)(C)CC1=O)C(C)(C)C)C1CCCCC1. The third kappa shape index (κ3) is 10.3. The normalized spacial score (nSPS) is 25.0. The maximum atomic E-state index is 14.9. The van der Waals surface area contributed by atoms with Gasteiger partial charge in [-0.25, -0.2) is 4.79 Å². The van der Waals surface area contributed by atoms with E-state index in [0.717, 1.165) is 56.9 Å². The largest absolute Gasteiger partial charge is 0.346 e. The second-order valence-electron chi connectivity index (χ2n) is 19.7. The summed E-state index contributed by atoms with van der Waals surface area (Å²) in [6, 6.07) is -3.38. The molecule has 0 radical (unpaired) electrons. The summed E-state index contributed by atoms with van der Waals surface area (Å²) in [6.07, 6.45) is 11.4. The molecule has 5 atom stereocenters. The molecule has 1 unspecified atom stereocenters. The number of rotatable bonds is 15. The molecule has 0 aromatic carbocycles. The summed E-state index contributed by atoms with van der Waals surface area (Å²) in [6.45, 7) is 18.3. The molecule has 0 spiro atoms. The molecule has 13 nitrogen and oxygen atoms in total. The third-order valence-electron chi connectivity index (χ3n) is 12.9. The van der Waals surface area contributed by atoms with Gasteiger partial charge in [0.1, 0.15) is 12.1 Å². The summed E-state index contributed by atoms with van der Waals surface area (Å²) in [5.74, 6) is -3.18. The number of carbonyl (C=O) groups is 7. The molecule has 5 rings (SSSR count). The minimum absolute atomic E-state index is 0.125. The van der Waals surface area contributed by atoms with Gasteiger partial charge in [-0.15, -0.1) is 6.58 Å². The first-order chi connectivity index (χ1) is 26.2. The highest BCUT2D eigenvalue weighted by molar-refractivity contribution is 6.38. The van der Waals surface area contributed by atoms with E-state index in [1.165, 1.54) is 11.0 Å². The number of piperidine rings is 1. The van der Waals surface area contributed by atoms with E-state index in [0.29, 0.717) is 6.42 Å². The van der Waals surface area contributed by atoms with Crippen LogP contribution in [0.1, 0.15) is 119 Å². The van der Waals surface area contributed by atoms with Gasteiger partial charge < -0.3 is 26.2 Å². The Kier molecular flexibility index (Phi) is 13.3. The summed E-state index contributed by atoms with van der Waals surface area (Å²) in [5.41, 5.74) is -0.108. The van der Waals surface area contributed by atoms with Crippen molar-refractivity contribution >= 4 is 41.4 Å². The number of hydrogen-bond donors (Lipinski definition) is 4. The van der Waals surface area contributed by atoms with E-state index in [2.05, 4.69) is 47.8 Å². The van der Waals surface area contributed by atoms with Crippen molar-refractivity contribution in [3.05, 3.63) is 24.3 Å². The van der Waals surface area contributed by atoms with Crippen LogP contribution in [0.5, 0.6) is 0 Å². The third-order valence-corrected chi connectivity index (χ3v) is 12.9. The molecule has 0 bridgehead atoms. The minimum atomic E-state index is -1.02. The fourth-order valence-electron chi connectivity index (χ4n) is 9.23. The number of hydrogen-bond acceptors (Lipinski definition) is 7. The molecule has 2 saturated carbocycles. The highest BCUT2D eigenvalue weighted by atomic mass is 16.2. The summed E-state index contributed by atoms with van der Waals surface area (Å²) in [5, 5.41) is 11.5. The van der Waals surface area contributed by atoms with E-state index in [4.69, 9.17) is 0 Å². The number of nitrogens with zero attached hydrogens (tertiary/aromatic N) is 2. The molecule has 4 N–H and O–H groups in total. The number of Topliss-reactive ketones (excluding diaryl/α,β-unsaturated/α-hetero) is 1. The van der Waals surface area contributed by atoms with Crippen LogP contribution in [0.2, 0.25) is 0 Å². The molecular formula is C43H66N6O7. The fourth-order valence-corrected chi connectivity index (χ4v) is 9.23. The van der Waals surface area contributed by atoms with Crippen LogP contribution in [-0.2, 0) is 28.8 Å². The molecule has 2 saturated heterocycles. The zero-order valence-electron chi connectivity index (χ0n) is 34.8. The number of amides is 7. The van der Waals surface area contributed by atoms with Crippen molar-refractivity contribution in [1.82, 2.24) is 31.1 Å². The summed E-state index contributed by atoms with van der Waals surface area (Å²) in [7, 11) is 0. The second-order valence-corrected chi connectivity index (χ2v) is 19.7. The van der Waals surface area contributed by atoms with Crippen molar-refractivity contribution < 1.29 is 33.6 Å². The first-order valence-electron chi connectivity index (χ1n) is 20.8. The molecule has 13 heteroatoms. The fraction of sp³-hybridized carbons (Fsp3) is 0.744. The number of likely N-dealkylation sites (tertiary alicyclic amines) is 2. The summed E-state index contributed by atoms with van der Waals surface area (Å²) < 4.78 is 0. The van der Waals surface area contributed by atoms with Gasteiger partial charge in [-0.2, -0.15) is 0 Å². The van der Waals surface area contributed by atoms with Crippen LogP contribution in [0.15, 0.2) is 24.3 Å². The number of allylic oxidation sites excluding steroid dienone is 1. The molecule has 3 aliphatic carbocycles. The number of carbonyl (C=O) groups excluding carboxylic acids is 7. The van der Waals surface area contributed by atoms with Crippen molar-refractivity contribution in [3.63, 3.8) is 0 Å². The maximum absolute atomic E-state index is 14.9. The average molecular weight is 779 g/mol. The van der Waals surface area contributed by atoms with Crippen LogP contribution in [-0.4, -0.2) is 95.5 Å². The van der Waals surface area contributed by atoms with Gasteiger partial charge >= 0.3 is 6.03 Å². The van der Waals surface area contributed by atoms with Crippen molar-refractivity contribution in [2.45, 2.75) is 137 Å². The zero-order valence-corrected chi connectivity index (χ0v) is 34.8. The van der Waals surface area contributed by atoms with Crippen LogP contribution in [0.4, 0.5) is 4.79 Å². The van der Waals surface area contributed by atoms with Crippen LogP contribution < -0.4 is 21.3 Å². The van der Waals surface area contributed by atoms with Crippen LogP contribution in [0, 0.1) is 39.9 Å². The molecule has 56 heavy (non-hydrogen) atoms. The predicted octanol–water partition coefficient (Wildman–Crippen LogP) is 4.41. The molecule has 0 aromatic rings. The highest BCUT2D eigenvalue weighted by Crippen LogP contribution is 2.50. The van der Waals surface area contributed by atoms with Crippen molar-refractivity contribution in [2.75, 3.05) is 26.2 Å². The Morgan fingerprint density at radius 2 is 1.57 bits per heavy atom. The zero-order chi connectivity index (χ0) is 41.2. The molecule has 7 amide bonds. The number of nitrogens with one attached hydrogen (secondary N) is 4. The van der Waals surface area contributed by atoms with Gasteiger partial charge in [-0.05, 0) is 65.3 Å². The van der Waals surface area contributed by atoms with Crippen molar-refractivity contribution in [1.29, 1.82) is 0 Å². The van der Waals surface area contributed by atoms with E-state index in [-0.39, 0.29) is 91.2 Å². The van der Waals surface area contributed by atoms with Gasteiger partial charge in [0.2, 0.25) is 29.4 Å². The molecule has 0 aromatic heterocycles. The maximum Gasteiger partial charge on any atom is 0.315 e. The molecule has 2 aliphatic heterocycles. The highest BCUT2D eigenvalue weighted by Gasteiger charge is 2.55. The lowest BCUT2D eigenvalue weighted by molar-refractivity contribution is -0.153. The standard InChI is InChI=1S/C43H66N6O7/c1-9-19-44-38(54)36(52)30(20-26-15-16-26)46-37(53)35-33-28(17-18-43(33,7)8)24-49(35)39(55)34(27-13-11-10-12-14-27)47-40(56)45-23-29(41(2,3)4)25-48-31(50)21-42(5,6)22-32(48)51/h9,17,26-27,29-30,33-35H,1,10-16,18-25H2,2-8H3,(H,44,54)(H,46,53)(H2,45,47,56)/t29-,30?,33+,34+,35+/m1/s1. The summed E-state index contributed by atoms with van der Waals surface area (Å²) >= 11 is 0. The topological polar surface area (TPSA) is 174 Å². The average Bonchev–Trinajstić information content (AvgIpc) is 3.77. The number of imide groups is 1. The first-order valence-corrected chi connectivity index (χ1v) is 20.8. The van der Waals surface area contributed by atoms with E-state index in [1.807, 2.05) is 34.6 Å². The quantitative estimate of drug-likeness (QED) is 0.108. The summed E-state index contributed by atoms with van der Waals surface area (Å²) in [4.78, 5) is 98.3. The van der Waals surface area contributed by atoms with Crippen LogP contribution in [0.25, 0.3) is 0 Å². The second kappa shape index (κ2) is 17.2. The molecule has 5 aliphatic rings. The molecule has 4 fully saturated rings. The lowest BCUT2D eigenvalue weighted by Crippen LogP contribution is -2.60. The Hall–Kier alpha value is -4.03. The Morgan fingerprint density at radius 1 is 0.929 bits per heavy atom. The Bertz CT molecular complexity index is 1580. The Morgan fingerprint density at radius 3 is 2.16 bits per heavy atom. The monoisotopic (exact) mass is 778 g/mol. The lowest BCUT2D eigenvalue weighted by Gasteiger charge is -2.40. The molecular weight excluding hydrogens is 713 g/mol. The van der Waals surface area contributed by atoms with E-state index >= 15 is 0 Å². The van der Waals surface area contributed by atoms with Gasteiger partial charge in [-0.3, -0.25) is 33.7 Å². The van der Waals surface area contributed by atoms with E-state index in [1.54, 1.807) is 4.90 Å². The smallest absolute Gasteiger partial charge is 0.315 e. The number of ketones is 1. The van der Waals surface area contributed by atoms with Gasteiger partial charge in [0.25, 0.3) is 5.91 Å².